The number of methoxy groups -OCH3 is 1. The lowest BCUT2D eigenvalue weighted by atomic mass is 10.2. The van der Waals surface area contributed by atoms with Crippen molar-refractivity contribution in [1.82, 2.24) is 25.2 Å². The summed E-state index contributed by atoms with van der Waals surface area (Å²) in [6.45, 7) is 6.53. The lowest BCUT2D eigenvalue weighted by molar-refractivity contribution is 0.237. The Bertz CT molecular complexity index is 872. The Morgan fingerprint density at radius 1 is 1.12 bits per heavy atom. The van der Waals surface area contributed by atoms with Gasteiger partial charge in [-0.15, -0.1) is 0 Å². The molecule has 0 radical (unpaired) electrons. The molecule has 1 aliphatic rings. The van der Waals surface area contributed by atoms with Gasteiger partial charge in [0.1, 0.15) is 17.7 Å². The van der Waals surface area contributed by atoms with Crippen molar-refractivity contribution in [2.75, 3.05) is 38.2 Å². The molecular weight excluding hydrogens is 320 g/mol. The maximum atomic E-state index is 5.36. The van der Waals surface area contributed by atoms with Gasteiger partial charge in [0, 0.05) is 38.4 Å². The van der Waals surface area contributed by atoms with Crippen LogP contribution < -0.4 is 9.64 Å². The topological polar surface area (TPSA) is 80.4 Å². The first-order valence-electron chi connectivity index (χ1n) is 8.28. The zero-order valence-electron chi connectivity index (χ0n) is 14.3. The predicted molar refractivity (Wildman–Crippen MR) is 92.6 cm³/mol. The number of ether oxygens (including phenoxy) is 1. The number of benzene rings is 1. The Morgan fingerprint density at radius 3 is 2.68 bits per heavy atom. The molecule has 2 aromatic heterocycles. The SMILES string of the molecule is COc1ncnc2ccc(N3CCN(Cc4nonc4C)CC3)cc12. The van der Waals surface area contributed by atoms with Crippen LogP contribution in [0.3, 0.4) is 0 Å². The van der Waals surface area contributed by atoms with Crippen molar-refractivity contribution in [2.24, 2.45) is 0 Å². The number of piperazine rings is 1. The number of rotatable bonds is 4. The highest BCUT2D eigenvalue weighted by atomic mass is 16.6. The lowest BCUT2D eigenvalue weighted by Gasteiger charge is -2.35. The molecule has 4 rings (SSSR count). The molecule has 1 aromatic carbocycles. The van der Waals surface area contributed by atoms with E-state index in [1.807, 2.05) is 13.0 Å². The lowest BCUT2D eigenvalue weighted by Crippen LogP contribution is -2.46. The van der Waals surface area contributed by atoms with Crippen LogP contribution in [0, 0.1) is 6.92 Å². The largest absolute Gasteiger partial charge is 0.480 e. The molecule has 0 atom stereocenters. The summed E-state index contributed by atoms with van der Waals surface area (Å²) >= 11 is 0. The molecule has 8 heteroatoms. The fourth-order valence-corrected chi connectivity index (χ4v) is 3.15. The third kappa shape index (κ3) is 3.12. The molecule has 0 spiro atoms. The zero-order chi connectivity index (χ0) is 17.2. The van der Waals surface area contributed by atoms with E-state index in [1.165, 1.54) is 12.0 Å². The molecule has 0 aliphatic carbocycles. The van der Waals surface area contributed by atoms with Crippen LogP contribution in [0.5, 0.6) is 5.88 Å². The molecule has 25 heavy (non-hydrogen) atoms. The molecule has 1 aliphatic heterocycles. The number of hydrogen-bond acceptors (Lipinski definition) is 8. The van der Waals surface area contributed by atoms with Gasteiger partial charge < -0.3 is 9.64 Å². The van der Waals surface area contributed by atoms with Crippen molar-refractivity contribution in [2.45, 2.75) is 13.5 Å². The Hall–Kier alpha value is -2.74. The van der Waals surface area contributed by atoms with E-state index in [2.05, 4.69) is 42.2 Å². The zero-order valence-corrected chi connectivity index (χ0v) is 14.3. The summed E-state index contributed by atoms with van der Waals surface area (Å²) in [5.41, 5.74) is 3.84. The van der Waals surface area contributed by atoms with Crippen LogP contribution >= 0.6 is 0 Å². The second kappa shape index (κ2) is 6.64. The van der Waals surface area contributed by atoms with Crippen LogP contribution in [0.15, 0.2) is 29.2 Å². The van der Waals surface area contributed by atoms with Gasteiger partial charge >= 0.3 is 0 Å². The number of aryl methyl sites for hydroxylation is 1. The van der Waals surface area contributed by atoms with Gasteiger partial charge in [0.05, 0.1) is 18.0 Å². The van der Waals surface area contributed by atoms with Crippen molar-refractivity contribution in [1.29, 1.82) is 0 Å². The Kier molecular flexibility index (Phi) is 4.19. The third-order valence-corrected chi connectivity index (χ3v) is 4.63. The Morgan fingerprint density at radius 2 is 1.96 bits per heavy atom. The first-order valence-corrected chi connectivity index (χ1v) is 8.28. The standard InChI is InChI=1S/C17H20N6O2/c1-12-16(21-25-20-12)10-22-5-7-23(8-6-22)13-3-4-15-14(9-13)17(24-2)19-11-18-15/h3-4,9,11H,5-8,10H2,1-2H3. The second-order valence-electron chi connectivity index (χ2n) is 6.14. The van der Waals surface area contributed by atoms with Gasteiger partial charge in [0.15, 0.2) is 0 Å². The first-order chi connectivity index (χ1) is 12.2. The van der Waals surface area contributed by atoms with E-state index in [1.54, 1.807) is 7.11 Å². The molecule has 3 heterocycles. The summed E-state index contributed by atoms with van der Waals surface area (Å²) < 4.78 is 10.1. The van der Waals surface area contributed by atoms with Crippen LogP contribution in [0.4, 0.5) is 5.69 Å². The summed E-state index contributed by atoms with van der Waals surface area (Å²) in [5, 5.41) is 8.75. The summed E-state index contributed by atoms with van der Waals surface area (Å²) in [5.74, 6) is 0.611. The molecule has 1 fully saturated rings. The molecule has 0 bridgehead atoms. The quantitative estimate of drug-likeness (QED) is 0.709. The van der Waals surface area contributed by atoms with E-state index in [0.29, 0.717) is 5.88 Å². The maximum absolute atomic E-state index is 5.36. The molecule has 0 N–H and O–H groups in total. The number of nitrogens with zero attached hydrogens (tertiary/aromatic N) is 6. The van der Waals surface area contributed by atoms with Crippen LogP contribution in [0.25, 0.3) is 10.9 Å². The van der Waals surface area contributed by atoms with E-state index in [0.717, 1.165) is 55.0 Å². The van der Waals surface area contributed by atoms with Gasteiger partial charge in [-0.2, -0.15) is 0 Å². The van der Waals surface area contributed by atoms with Gasteiger partial charge in [-0.1, -0.05) is 10.3 Å². The van der Waals surface area contributed by atoms with Gasteiger partial charge in [-0.05, 0) is 25.1 Å². The molecular formula is C17H20N6O2. The van der Waals surface area contributed by atoms with Gasteiger partial charge in [0.25, 0.3) is 0 Å². The first kappa shape index (κ1) is 15.8. The van der Waals surface area contributed by atoms with Crippen molar-refractivity contribution in [3.63, 3.8) is 0 Å². The third-order valence-electron chi connectivity index (χ3n) is 4.63. The number of fused-ring (bicyclic) bond motifs is 1. The van der Waals surface area contributed by atoms with Gasteiger partial charge in [0.2, 0.25) is 5.88 Å². The summed E-state index contributed by atoms with van der Waals surface area (Å²) in [6, 6.07) is 6.23. The van der Waals surface area contributed by atoms with Crippen molar-refractivity contribution in [3.05, 3.63) is 35.9 Å². The minimum atomic E-state index is 0.611. The average Bonchev–Trinajstić information content (AvgIpc) is 3.06. The number of anilines is 1. The summed E-state index contributed by atoms with van der Waals surface area (Å²) in [7, 11) is 1.63. The second-order valence-corrected chi connectivity index (χ2v) is 6.14. The van der Waals surface area contributed by atoms with Crippen molar-refractivity contribution in [3.8, 4) is 5.88 Å². The van der Waals surface area contributed by atoms with Crippen LogP contribution in [0.2, 0.25) is 0 Å². The van der Waals surface area contributed by atoms with Crippen LogP contribution in [-0.2, 0) is 6.54 Å². The van der Waals surface area contributed by atoms with Crippen molar-refractivity contribution < 1.29 is 9.37 Å². The van der Waals surface area contributed by atoms with E-state index < -0.39 is 0 Å². The molecule has 0 amide bonds. The summed E-state index contributed by atoms with van der Waals surface area (Å²) in [6.07, 6.45) is 1.53. The molecule has 0 saturated carbocycles. The average molecular weight is 340 g/mol. The normalized spacial score (nSPS) is 15.7. The van der Waals surface area contributed by atoms with Gasteiger partial charge in [-0.3, -0.25) is 4.90 Å². The summed E-state index contributed by atoms with van der Waals surface area (Å²) in [4.78, 5) is 13.2. The number of aromatic nitrogens is 4. The maximum Gasteiger partial charge on any atom is 0.224 e. The smallest absolute Gasteiger partial charge is 0.224 e. The molecule has 1 saturated heterocycles. The van der Waals surface area contributed by atoms with Crippen molar-refractivity contribution >= 4 is 16.6 Å². The fourth-order valence-electron chi connectivity index (χ4n) is 3.15. The van der Waals surface area contributed by atoms with Gasteiger partial charge in [-0.25, -0.2) is 14.6 Å². The van der Waals surface area contributed by atoms with E-state index >= 15 is 0 Å². The number of hydrogen-bond donors (Lipinski definition) is 0. The van der Waals surface area contributed by atoms with E-state index in [4.69, 9.17) is 9.37 Å². The Labute approximate surface area is 145 Å². The minimum absolute atomic E-state index is 0.611. The molecule has 130 valence electrons. The monoisotopic (exact) mass is 340 g/mol. The minimum Gasteiger partial charge on any atom is -0.480 e. The predicted octanol–water partition coefficient (Wildman–Crippen LogP) is 1.65. The highest BCUT2D eigenvalue weighted by Crippen LogP contribution is 2.27. The van der Waals surface area contributed by atoms with Crippen LogP contribution in [0.1, 0.15) is 11.4 Å². The van der Waals surface area contributed by atoms with Crippen LogP contribution in [-0.4, -0.2) is 58.5 Å². The fraction of sp³-hybridized carbons (Fsp3) is 0.412. The molecule has 8 nitrogen and oxygen atoms in total. The Balaban J connectivity index is 1.47. The van der Waals surface area contributed by atoms with E-state index in [9.17, 15) is 0 Å². The van der Waals surface area contributed by atoms with E-state index in [-0.39, 0.29) is 0 Å². The highest BCUT2D eigenvalue weighted by molar-refractivity contribution is 5.86. The molecule has 3 aromatic rings. The highest BCUT2D eigenvalue weighted by Gasteiger charge is 2.20. The molecule has 0 unspecified atom stereocenters.